The second-order valence-corrected chi connectivity index (χ2v) is 3.01. The smallest absolute Gasteiger partial charge is 0.323 e. The average molecular weight is 212 g/mol. The lowest BCUT2D eigenvalue weighted by molar-refractivity contribution is -0.137. The summed E-state index contributed by atoms with van der Waals surface area (Å²) < 4.78 is 4.74. The summed E-state index contributed by atoms with van der Waals surface area (Å²) in [7, 11) is 0. The molecule has 0 fully saturated rings. The highest BCUT2D eigenvalue weighted by Gasteiger charge is 2.20. The molecule has 1 rings (SSSR count). The summed E-state index contributed by atoms with van der Waals surface area (Å²) in [5.41, 5.74) is 0.304. The van der Waals surface area contributed by atoms with Crippen LogP contribution in [0.1, 0.15) is 23.0 Å². The van der Waals surface area contributed by atoms with Crippen molar-refractivity contribution in [3.05, 3.63) is 17.5 Å². The number of carboxylic acid groups (broad SMARTS) is 1. The Bertz CT molecular complexity index is 372. The molecule has 1 heterocycles. The lowest BCUT2D eigenvalue weighted by atomic mass is 10.2. The Morgan fingerprint density at radius 2 is 2.27 bits per heavy atom. The van der Waals surface area contributed by atoms with E-state index < -0.39 is 5.97 Å². The van der Waals surface area contributed by atoms with Gasteiger partial charge in [-0.1, -0.05) is 5.16 Å². The Kier molecular flexibility index (Phi) is 3.43. The fourth-order valence-corrected chi connectivity index (χ4v) is 1.16. The highest BCUT2D eigenvalue weighted by molar-refractivity contribution is 5.96. The van der Waals surface area contributed by atoms with Crippen LogP contribution >= 0.6 is 0 Å². The highest BCUT2D eigenvalue weighted by Crippen LogP contribution is 2.09. The number of rotatable bonds is 4. The van der Waals surface area contributed by atoms with Crippen molar-refractivity contribution in [1.29, 1.82) is 0 Å². The van der Waals surface area contributed by atoms with Crippen LogP contribution in [0.5, 0.6) is 0 Å². The quantitative estimate of drug-likeness (QED) is 0.787. The standard InChI is InChI=1S/C9H12N2O4/c1-3-11(5-8(12)13)9(14)7-4-10-15-6(7)2/h4H,3,5H2,1-2H3,(H,12,13). The molecule has 1 aromatic rings. The van der Waals surface area contributed by atoms with Crippen LogP contribution in [0.3, 0.4) is 0 Å². The van der Waals surface area contributed by atoms with Crippen molar-refractivity contribution in [2.75, 3.05) is 13.1 Å². The number of aromatic nitrogens is 1. The van der Waals surface area contributed by atoms with Gasteiger partial charge in [0.1, 0.15) is 17.9 Å². The van der Waals surface area contributed by atoms with Gasteiger partial charge in [-0.05, 0) is 13.8 Å². The van der Waals surface area contributed by atoms with Gasteiger partial charge in [-0.3, -0.25) is 9.59 Å². The summed E-state index contributed by atoms with van der Waals surface area (Å²) in [6.07, 6.45) is 1.29. The summed E-state index contributed by atoms with van der Waals surface area (Å²) in [5.74, 6) is -1.03. The van der Waals surface area contributed by atoms with Crippen LogP contribution in [0.25, 0.3) is 0 Å². The van der Waals surface area contributed by atoms with Gasteiger partial charge in [0.25, 0.3) is 5.91 Å². The largest absolute Gasteiger partial charge is 0.480 e. The fraction of sp³-hybridized carbons (Fsp3) is 0.444. The van der Waals surface area contributed by atoms with E-state index in [1.807, 2.05) is 0 Å². The number of amides is 1. The number of likely N-dealkylation sites (N-methyl/N-ethyl adjacent to an activating group) is 1. The predicted molar refractivity (Wildman–Crippen MR) is 50.5 cm³/mol. The summed E-state index contributed by atoms with van der Waals surface area (Å²) >= 11 is 0. The molecular formula is C9H12N2O4. The van der Waals surface area contributed by atoms with Crippen LogP contribution in [-0.2, 0) is 4.79 Å². The molecule has 0 aliphatic rings. The maximum absolute atomic E-state index is 11.8. The van der Waals surface area contributed by atoms with Gasteiger partial charge in [-0.2, -0.15) is 0 Å². The van der Waals surface area contributed by atoms with E-state index in [1.165, 1.54) is 11.1 Å². The number of nitrogens with zero attached hydrogens (tertiary/aromatic N) is 2. The molecule has 0 unspecified atom stereocenters. The van der Waals surface area contributed by atoms with Crippen molar-refractivity contribution < 1.29 is 19.2 Å². The first kappa shape index (κ1) is 11.2. The minimum Gasteiger partial charge on any atom is -0.480 e. The van der Waals surface area contributed by atoms with Crippen LogP contribution in [0, 0.1) is 6.92 Å². The van der Waals surface area contributed by atoms with Gasteiger partial charge >= 0.3 is 5.97 Å². The molecule has 82 valence electrons. The van der Waals surface area contributed by atoms with Crippen LogP contribution in [0.15, 0.2) is 10.7 Å². The lowest BCUT2D eigenvalue weighted by Gasteiger charge is -2.17. The zero-order chi connectivity index (χ0) is 11.4. The van der Waals surface area contributed by atoms with E-state index in [-0.39, 0.29) is 12.5 Å². The van der Waals surface area contributed by atoms with Crippen LogP contribution in [0.2, 0.25) is 0 Å². The van der Waals surface area contributed by atoms with E-state index in [2.05, 4.69) is 5.16 Å². The summed E-state index contributed by atoms with van der Waals surface area (Å²) in [6, 6.07) is 0. The molecule has 6 nitrogen and oxygen atoms in total. The molecule has 15 heavy (non-hydrogen) atoms. The molecular weight excluding hydrogens is 200 g/mol. The average Bonchev–Trinajstić information content (AvgIpc) is 2.59. The monoisotopic (exact) mass is 212 g/mol. The van der Waals surface area contributed by atoms with Crippen molar-refractivity contribution in [3.8, 4) is 0 Å². The van der Waals surface area contributed by atoms with E-state index in [1.54, 1.807) is 13.8 Å². The van der Waals surface area contributed by atoms with E-state index >= 15 is 0 Å². The highest BCUT2D eigenvalue weighted by atomic mass is 16.5. The Labute approximate surface area is 86.5 Å². The number of carboxylic acids is 1. The lowest BCUT2D eigenvalue weighted by Crippen LogP contribution is -2.35. The molecule has 1 N–H and O–H groups in total. The Morgan fingerprint density at radius 1 is 1.60 bits per heavy atom. The number of carbonyl (C=O) groups is 2. The zero-order valence-corrected chi connectivity index (χ0v) is 8.56. The van der Waals surface area contributed by atoms with E-state index in [9.17, 15) is 9.59 Å². The van der Waals surface area contributed by atoms with Crippen LogP contribution in [-0.4, -0.2) is 40.1 Å². The Hall–Kier alpha value is -1.85. The number of carbonyl (C=O) groups excluding carboxylic acids is 1. The van der Waals surface area contributed by atoms with Crippen molar-refractivity contribution in [1.82, 2.24) is 10.1 Å². The van der Waals surface area contributed by atoms with Crippen molar-refractivity contribution >= 4 is 11.9 Å². The third kappa shape index (κ3) is 2.55. The summed E-state index contributed by atoms with van der Waals surface area (Å²) in [4.78, 5) is 23.5. The van der Waals surface area contributed by atoms with Gasteiger partial charge in [0, 0.05) is 6.54 Å². The second kappa shape index (κ2) is 4.59. The van der Waals surface area contributed by atoms with E-state index in [4.69, 9.17) is 9.63 Å². The zero-order valence-electron chi connectivity index (χ0n) is 8.56. The SMILES string of the molecule is CCN(CC(=O)O)C(=O)c1cnoc1C. The number of hydrogen-bond acceptors (Lipinski definition) is 4. The molecule has 0 saturated heterocycles. The maximum atomic E-state index is 11.8. The molecule has 0 spiro atoms. The molecule has 6 heteroatoms. The van der Waals surface area contributed by atoms with Gasteiger partial charge in [-0.25, -0.2) is 0 Å². The third-order valence-electron chi connectivity index (χ3n) is 1.98. The summed E-state index contributed by atoms with van der Waals surface area (Å²) in [6.45, 7) is 3.33. The molecule has 0 aliphatic heterocycles. The fourth-order valence-electron chi connectivity index (χ4n) is 1.16. The summed E-state index contributed by atoms with van der Waals surface area (Å²) in [5, 5.41) is 12.1. The van der Waals surface area contributed by atoms with Gasteiger partial charge in [0.05, 0.1) is 6.20 Å². The van der Waals surface area contributed by atoms with Crippen LogP contribution in [0.4, 0.5) is 0 Å². The molecule has 1 amide bonds. The predicted octanol–water partition coefficient (Wildman–Crippen LogP) is 0.530. The van der Waals surface area contributed by atoms with Gasteiger partial charge in [0.2, 0.25) is 0 Å². The first-order valence-corrected chi connectivity index (χ1v) is 4.48. The van der Waals surface area contributed by atoms with Gasteiger partial charge in [0.15, 0.2) is 0 Å². The first-order chi connectivity index (χ1) is 7.06. The second-order valence-electron chi connectivity index (χ2n) is 3.01. The molecule has 0 aliphatic carbocycles. The first-order valence-electron chi connectivity index (χ1n) is 4.48. The molecule has 0 bridgehead atoms. The van der Waals surface area contributed by atoms with Crippen molar-refractivity contribution in [2.45, 2.75) is 13.8 Å². The number of aliphatic carboxylic acids is 1. The minimum absolute atomic E-state index is 0.304. The van der Waals surface area contributed by atoms with E-state index in [0.29, 0.717) is 17.9 Å². The van der Waals surface area contributed by atoms with Crippen LogP contribution < -0.4 is 0 Å². The maximum Gasteiger partial charge on any atom is 0.323 e. The van der Waals surface area contributed by atoms with Gasteiger partial charge < -0.3 is 14.5 Å². The topological polar surface area (TPSA) is 83.6 Å². The molecule has 1 aromatic heterocycles. The molecule has 0 saturated carbocycles. The molecule has 0 aromatic carbocycles. The molecule has 0 atom stereocenters. The number of hydrogen-bond donors (Lipinski definition) is 1. The van der Waals surface area contributed by atoms with Crippen molar-refractivity contribution in [2.24, 2.45) is 0 Å². The van der Waals surface area contributed by atoms with E-state index in [0.717, 1.165) is 0 Å². The Balaban J connectivity index is 2.82. The third-order valence-corrected chi connectivity index (χ3v) is 1.98. The molecule has 0 radical (unpaired) electrons. The Morgan fingerprint density at radius 3 is 2.67 bits per heavy atom. The normalized spacial score (nSPS) is 10.0. The van der Waals surface area contributed by atoms with Gasteiger partial charge in [-0.15, -0.1) is 0 Å². The minimum atomic E-state index is -1.04. The number of aryl methyl sites for hydroxylation is 1. The van der Waals surface area contributed by atoms with Crippen molar-refractivity contribution in [3.63, 3.8) is 0 Å².